The van der Waals surface area contributed by atoms with E-state index in [2.05, 4.69) is 19.1 Å². The van der Waals surface area contributed by atoms with Gasteiger partial charge < -0.3 is 5.11 Å². The lowest BCUT2D eigenvalue weighted by atomic mass is 9.84. The summed E-state index contributed by atoms with van der Waals surface area (Å²) in [5, 5.41) is 10.2. The molecular formula is C10H12O. The third-order valence-electron chi connectivity index (χ3n) is 3.66. The molecule has 0 aromatic rings. The summed E-state index contributed by atoms with van der Waals surface area (Å²) in [4.78, 5) is 0. The van der Waals surface area contributed by atoms with E-state index < -0.39 is 0 Å². The van der Waals surface area contributed by atoms with Crippen LogP contribution < -0.4 is 0 Å². The molecule has 0 saturated heterocycles. The van der Waals surface area contributed by atoms with Gasteiger partial charge in [0, 0.05) is 11.8 Å². The first-order valence-corrected chi connectivity index (χ1v) is 4.40. The maximum atomic E-state index is 10.2. The maximum Gasteiger partial charge on any atom is 0.0815 e. The molecule has 0 heterocycles. The lowest BCUT2D eigenvalue weighted by Gasteiger charge is -2.28. The van der Waals surface area contributed by atoms with Crippen LogP contribution in [0.3, 0.4) is 0 Å². The van der Waals surface area contributed by atoms with Crippen molar-refractivity contribution in [3.8, 4) is 0 Å². The van der Waals surface area contributed by atoms with Crippen LogP contribution in [0.15, 0.2) is 23.3 Å². The maximum absolute atomic E-state index is 10.2. The molecule has 1 fully saturated rings. The summed E-state index contributed by atoms with van der Waals surface area (Å²) in [7, 11) is 0. The fourth-order valence-corrected chi connectivity index (χ4v) is 3.02. The highest BCUT2D eigenvalue weighted by atomic mass is 16.3. The smallest absolute Gasteiger partial charge is 0.0815 e. The summed E-state index contributed by atoms with van der Waals surface area (Å²) in [5.41, 5.74) is 2.52. The molecule has 3 unspecified atom stereocenters. The van der Waals surface area contributed by atoms with Gasteiger partial charge in [0.1, 0.15) is 0 Å². The van der Waals surface area contributed by atoms with Crippen molar-refractivity contribution < 1.29 is 5.11 Å². The van der Waals surface area contributed by atoms with E-state index in [0.29, 0.717) is 11.8 Å². The normalized spacial score (nSPS) is 50.4. The van der Waals surface area contributed by atoms with Gasteiger partial charge in [-0.3, -0.25) is 0 Å². The highest BCUT2D eigenvalue weighted by molar-refractivity contribution is 5.54. The Morgan fingerprint density at radius 2 is 2.55 bits per heavy atom. The van der Waals surface area contributed by atoms with E-state index in [-0.39, 0.29) is 5.60 Å². The van der Waals surface area contributed by atoms with Gasteiger partial charge in [0.2, 0.25) is 0 Å². The SMILES string of the molecule is CCC1(O)C2C=C3C=C2CC31. The molecule has 4 aliphatic rings. The molecule has 1 saturated carbocycles. The molecule has 1 nitrogen and oxygen atoms in total. The average molecular weight is 148 g/mol. The third-order valence-corrected chi connectivity index (χ3v) is 3.66. The summed E-state index contributed by atoms with van der Waals surface area (Å²) in [6, 6.07) is 0. The second-order valence-electron chi connectivity index (χ2n) is 3.97. The largest absolute Gasteiger partial charge is 0.388 e. The Kier molecular flexibility index (Phi) is 0.799. The zero-order valence-corrected chi connectivity index (χ0v) is 6.67. The molecule has 0 aromatic carbocycles. The molecule has 58 valence electrons. The van der Waals surface area contributed by atoms with Crippen LogP contribution in [-0.2, 0) is 0 Å². The minimum atomic E-state index is -0.376. The fraction of sp³-hybridized carbons (Fsp3) is 0.600. The summed E-state index contributed by atoms with van der Waals surface area (Å²) in [6.07, 6.45) is 6.58. The fourth-order valence-electron chi connectivity index (χ4n) is 3.02. The second kappa shape index (κ2) is 1.46. The average Bonchev–Trinajstić information content (AvgIpc) is 2.67. The van der Waals surface area contributed by atoms with Crippen molar-refractivity contribution >= 4 is 0 Å². The Labute approximate surface area is 66.4 Å². The van der Waals surface area contributed by atoms with Crippen molar-refractivity contribution in [1.29, 1.82) is 0 Å². The van der Waals surface area contributed by atoms with Crippen LogP contribution >= 0.6 is 0 Å². The Morgan fingerprint density at radius 3 is 2.82 bits per heavy atom. The first-order chi connectivity index (χ1) is 5.25. The van der Waals surface area contributed by atoms with Crippen LogP contribution in [0, 0.1) is 11.8 Å². The van der Waals surface area contributed by atoms with Crippen LogP contribution in [0.4, 0.5) is 0 Å². The molecule has 0 amide bonds. The Hall–Kier alpha value is -0.560. The van der Waals surface area contributed by atoms with E-state index in [1.165, 1.54) is 11.1 Å². The zero-order chi connectivity index (χ0) is 7.64. The molecular weight excluding hydrogens is 136 g/mol. The van der Waals surface area contributed by atoms with Gasteiger partial charge in [0.15, 0.2) is 0 Å². The molecule has 3 atom stereocenters. The molecule has 1 heteroatoms. The number of hydrogen-bond donors (Lipinski definition) is 1. The van der Waals surface area contributed by atoms with Gasteiger partial charge >= 0.3 is 0 Å². The van der Waals surface area contributed by atoms with Crippen molar-refractivity contribution in [2.45, 2.75) is 25.4 Å². The van der Waals surface area contributed by atoms with Crippen LogP contribution in [0.25, 0.3) is 0 Å². The minimum absolute atomic E-state index is 0.376. The van der Waals surface area contributed by atoms with Crippen LogP contribution in [-0.4, -0.2) is 10.7 Å². The van der Waals surface area contributed by atoms with Crippen LogP contribution in [0.5, 0.6) is 0 Å². The molecule has 0 radical (unpaired) electrons. The zero-order valence-electron chi connectivity index (χ0n) is 6.67. The molecule has 1 N–H and O–H groups in total. The van der Waals surface area contributed by atoms with Crippen molar-refractivity contribution in [2.75, 3.05) is 0 Å². The van der Waals surface area contributed by atoms with Gasteiger partial charge in [-0.15, -0.1) is 0 Å². The lowest BCUT2D eigenvalue weighted by molar-refractivity contribution is 0.00000227. The van der Waals surface area contributed by atoms with E-state index in [1.54, 1.807) is 0 Å². The molecule has 4 rings (SSSR count). The highest BCUT2D eigenvalue weighted by Crippen LogP contribution is 2.61. The molecule has 0 aromatic heterocycles. The van der Waals surface area contributed by atoms with Gasteiger partial charge in [-0.05, 0) is 18.4 Å². The first kappa shape index (κ1) is 6.01. The molecule has 11 heavy (non-hydrogen) atoms. The Morgan fingerprint density at radius 1 is 1.73 bits per heavy atom. The predicted octanol–water partition coefficient (Wildman–Crippen LogP) is 1.64. The van der Waals surface area contributed by atoms with Gasteiger partial charge in [0.25, 0.3) is 0 Å². The standard InChI is InChI=1S/C10H12O/c1-2-10(11)8-4-6-3-7(8)5-9(6)10/h3-4,8-9,11H,2,5H2,1H3. The van der Waals surface area contributed by atoms with E-state index in [1.807, 2.05) is 0 Å². The Balaban J connectivity index is 2.14. The number of hydrogen-bond acceptors (Lipinski definition) is 1. The third kappa shape index (κ3) is 0.441. The van der Waals surface area contributed by atoms with Crippen LogP contribution in [0.1, 0.15) is 19.8 Å². The molecule has 4 bridgehead atoms. The molecule has 0 aliphatic heterocycles. The number of allylic oxidation sites excluding steroid dienone is 1. The number of aliphatic hydroxyl groups is 1. The van der Waals surface area contributed by atoms with Crippen molar-refractivity contribution in [3.05, 3.63) is 23.3 Å². The van der Waals surface area contributed by atoms with E-state index in [4.69, 9.17) is 0 Å². The number of rotatable bonds is 1. The monoisotopic (exact) mass is 148 g/mol. The van der Waals surface area contributed by atoms with Crippen molar-refractivity contribution in [3.63, 3.8) is 0 Å². The second-order valence-corrected chi connectivity index (χ2v) is 3.97. The molecule has 4 aliphatic carbocycles. The van der Waals surface area contributed by atoms with Gasteiger partial charge in [-0.1, -0.05) is 24.6 Å². The lowest BCUT2D eigenvalue weighted by Crippen LogP contribution is -2.35. The first-order valence-electron chi connectivity index (χ1n) is 4.40. The van der Waals surface area contributed by atoms with Gasteiger partial charge in [-0.25, -0.2) is 0 Å². The summed E-state index contributed by atoms with van der Waals surface area (Å²) < 4.78 is 0. The van der Waals surface area contributed by atoms with Crippen molar-refractivity contribution in [2.24, 2.45) is 11.8 Å². The van der Waals surface area contributed by atoms with E-state index in [0.717, 1.165) is 12.8 Å². The predicted molar refractivity (Wildman–Crippen MR) is 43.0 cm³/mol. The minimum Gasteiger partial charge on any atom is -0.388 e. The van der Waals surface area contributed by atoms with E-state index in [9.17, 15) is 5.11 Å². The Bertz CT molecular complexity index is 287. The van der Waals surface area contributed by atoms with Crippen molar-refractivity contribution in [1.82, 2.24) is 0 Å². The van der Waals surface area contributed by atoms with Gasteiger partial charge in [0.05, 0.1) is 5.60 Å². The highest BCUT2D eigenvalue weighted by Gasteiger charge is 2.58. The summed E-state index contributed by atoms with van der Waals surface area (Å²) in [5.74, 6) is 0.861. The van der Waals surface area contributed by atoms with Crippen LogP contribution in [0.2, 0.25) is 0 Å². The van der Waals surface area contributed by atoms with Gasteiger partial charge in [-0.2, -0.15) is 0 Å². The summed E-state index contributed by atoms with van der Waals surface area (Å²) in [6.45, 7) is 2.09. The van der Waals surface area contributed by atoms with E-state index >= 15 is 0 Å². The summed E-state index contributed by atoms with van der Waals surface area (Å²) >= 11 is 0. The topological polar surface area (TPSA) is 20.2 Å². The quantitative estimate of drug-likeness (QED) is 0.599. The molecule has 0 spiro atoms.